The van der Waals surface area contributed by atoms with E-state index in [1.165, 1.54) is 7.11 Å². The average molecular weight is 362 g/mol. The summed E-state index contributed by atoms with van der Waals surface area (Å²) in [5, 5.41) is -0.0241. The Hall–Kier alpha value is -2.41. The number of ether oxygens (including phenoxy) is 2. The smallest absolute Gasteiger partial charge is 0.200 e. The van der Waals surface area contributed by atoms with Gasteiger partial charge in [0.1, 0.15) is 11.5 Å². The quantitative estimate of drug-likeness (QED) is 0.698. The first-order valence-electron chi connectivity index (χ1n) is 9.11. The third kappa shape index (κ3) is 3.11. The van der Waals surface area contributed by atoms with Gasteiger partial charge in [-0.15, -0.1) is 0 Å². The number of rotatable bonds is 5. The number of fused-ring (bicyclic) bond motifs is 1. The van der Waals surface area contributed by atoms with Crippen LogP contribution in [0.5, 0.6) is 11.5 Å². The van der Waals surface area contributed by atoms with Crippen molar-refractivity contribution in [3.05, 3.63) is 41.2 Å². The van der Waals surface area contributed by atoms with Gasteiger partial charge in [0.15, 0.2) is 5.16 Å². The first-order valence-corrected chi connectivity index (χ1v) is 8.93. The Balaban J connectivity index is 2.10. The third-order valence-corrected chi connectivity index (χ3v) is 5.27. The molecule has 0 spiro atoms. The molecule has 0 aliphatic heterocycles. The highest BCUT2D eigenvalue weighted by atomic mass is 32.2. The van der Waals surface area contributed by atoms with Gasteiger partial charge in [-0.25, -0.2) is 4.98 Å². The largest absolute Gasteiger partial charge is 0.497 e. The minimum atomic E-state index is -2.54. The number of pyridine rings is 1. The molecule has 3 rings (SSSR count). The molecule has 0 aliphatic carbocycles. The minimum absolute atomic E-state index is 0.0241. The van der Waals surface area contributed by atoms with Gasteiger partial charge in [0.25, 0.3) is 0 Å². The molecule has 0 saturated carbocycles. The molecule has 1 unspecified atom stereocenters. The van der Waals surface area contributed by atoms with Gasteiger partial charge in [-0.1, -0.05) is 0 Å². The van der Waals surface area contributed by atoms with Crippen LogP contribution in [0.4, 0.5) is 0 Å². The van der Waals surface area contributed by atoms with Crippen molar-refractivity contribution in [1.82, 2.24) is 14.5 Å². The van der Waals surface area contributed by atoms with E-state index in [1.807, 2.05) is 13.8 Å². The second-order valence-electron chi connectivity index (χ2n) is 5.62. The van der Waals surface area contributed by atoms with Crippen LogP contribution in [0.15, 0.2) is 29.6 Å². The number of benzene rings is 1. The second kappa shape index (κ2) is 6.84. The van der Waals surface area contributed by atoms with Crippen molar-refractivity contribution in [2.75, 3.05) is 14.2 Å². The lowest BCUT2D eigenvalue weighted by atomic mass is 10.1. The molecule has 132 valence electrons. The molecule has 0 bridgehead atoms. The predicted octanol–water partition coefficient (Wildman–Crippen LogP) is 2.91. The van der Waals surface area contributed by atoms with Crippen molar-refractivity contribution in [2.24, 2.45) is 6.98 Å². The molecular weight excluding hydrogens is 338 g/mol. The standard InChI is InChI=1S/C18H21N3O3S/c1-11-9-19-15(12(2)17(11)24-5)10-25(22)18-20-14-7-6-13(23-4)8-16(14)21(18)3/h6-9H,10H2,1-5H3/i3D3. The van der Waals surface area contributed by atoms with Gasteiger partial charge < -0.3 is 14.0 Å². The van der Waals surface area contributed by atoms with E-state index in [0.717, 1.165) is 15.7 Å². The maximum absolute atomic E-state index is 13.1. The van der Waals surface area contributed by atoms with Crippen LogP contribution in [0, 0.1) is 13.8 Å². The van der Waals surface area contributed by atoms with Crippen molar-refractivity contribution in [3.63, 3.8) is 0 Å². The third-order valence-electron chi connectivity index (χ3n) is 4.05. The van der Waals surface area contributed by atoms with E-state index in [2.05, 4.69) is 9.97 Å². The van der Waals surface area contributed by atoms with Crippen LogP contribution in [0.25, 0.3) is 11.0 Å². The van der Waals surface area contributed by atoms with E-state index in [1.54, 1.807) is 31.5 Å². The molecule has 0 fully saturated rings. The molecule has 0 N–H and O–H groups in total. The topological polar surface area (TPSA) is 66.2 Å². The van der Waals surface area contributed by atoms with E-state index < -0.39 is 17.8 Å². The molecule has 1 aromatic carbocycles. The van der Waals surface area contributed by atoms with Gasteiger partial charge in [-0.05, 0) is 26.0 Å². The van der Waals surface area contributed by atoms with Crippen LogP contribution >= 0.6 is 0 Å². The molecular formula is C18H21N3O3S. The molecule has 1 atom stereocenters. The van der Waals surface area contributed by atoms with Crippen molar-refractivity contribution in [1.29, 1.82) is 0 Å². The molecule has 0 aliphatic rings. The van der Waals surface area contributed by atoms with E-state index >= 15 is 0 Å². The summed E-state index contributed by atoms with van der Waals surface area (Å²) in [5.41, 5.74) is 2.99. The summed E-state index contributed by atoms with van der Waals surface area (Å²) in [6.45, 7) is 1.17. The van der Waals surface area contributed by atoms with E-state index in [9.17, 15) is 4.21 Å². The zero-order valence-electron chi connectivity index (χ0n) is 17.5. The van der Waals surface area contributed by atoms with Gasteiger partial charge in [0.05, 0.1) is 47.5 Å². The second-order valence-corrected chi connectivity index (χ2v) is 6.97. The first-order chi connectivity index (χ1) is 13.2. The molecule has 0 amide bonds. The molecule has 3 aromatic rings. The van der Waals surface area contributed by atoms with Crippen LogP contribution in [0.1, 0.15) is 20.9 Å². The summed E-state index contributed by atoms with van der Waals surface area (Å²) in [4.78, 5) is 8.68. The Kier molecular flexibility index (Phi) is 3.78. The summed E-state index contributed by atoms with van der Waals surface area (Å²) in [7, 11) is 1.33. The fourth-order valence-corrected chi connectivity index (χ4v) is 3.89. The molecule has 7 heteroatoms. The highest BCUT2D eigenvalue weighted by molar-refractivity contribution is 7.84. The zero-order valence-corrected chi connectivity index (χ0v) is 15.3. The number of hydrogen-bond donors (Lipinski definition) is 0. The predicted molar refractivity (Wildman–Crippen MR) is 97.6 cm³/mol. The van der Waals surface area contributed by atoms with Crippen LogP contribution in [0.2, 0.25) is 0 Å². The Bertz CT molecular complexity index is 1060. The van der Waals surface area contributed by atoms with E-state index in [4.69, 9.17) is 13.6 Å². The number of nitrogens with zero attached hydrogens (tertiary/aromatic N) is 3. The number of imidazole rings is 1. The highest BCUT2D eigenvalue weighted by Gasteiger charge is 2.18. The Morgan fingerprint density at radius 2 is 2.08 bits per heavy atom. The van der Waals surface area contributed by atoms with Gasteiger partial charge in [-0.3, -0.25) is 9.19 Å². The van der Waals surface area contributed by atoms with Gasteiger partial charge in [0, 0.05) is 34.5 Å². The zero-order chi connectivity index (χ0) is 20.6. The molecule has 2 heterocycles. The van der Waals surface area contributed by atoms with Crippen molar-refractivity contribution in [2.45, 2.75) is 24.8 Å². The SMILES string of the molecule is [2H]C([2H])([2H])n1c(S(=O)Cc2ncc(C)c(OC)c2C)nc2ccc(OC)cc21. The number of methoxy groups -OCH3 is 2. The first kappa shape index (κ1) is 13.8. The average Bonchev–Trinajstić information content (AvgIpc) is 3.03. The normalized spacial score (nSPS) is 14.6. The Morgan fingerprint density at radius 1 is 1.28 bits per heavy atom. The van der Waals surface area contributed by atoms with Crippen LogP contribution in [-0.4, -0.2) is 33.0 Å². The summed E-state index contributed by atoms with van der Waals surface area (Å²) in [5.74, 6) is 1.20. The van der Waals surface area contributed by atoms with Crippen LogP contribution in [0.3, 0.4) is 0 Å². The summed E-state index contributed by atoms with van der Waals surface area (Å²) < 4.78 is 48.4. The molecule has 2 aromatic heterocycles. The monoisotopic (exact) mass is 362 g/mol. The fourth-order valence-electron chi connectivity index (χ4n) is 2.72. The number of aromatic nitrogens is 3. The Morgan fingerprint density at radius 3 is 2.76 bits per heavy atom. The summed E-state index contributed by atoms with van der Waals surface area (Å²) >= 11 is 0. The maximum Gasteiger partial charge on any atom is 0.200 e. The summed E-state index contributed by atoms with van der Waals surface area (Å²) in [6, 6.07) is 4.91. The fraction of sp³-hybridized carbons (Fsp3) is 0.333. The Labute approximate surface area is 153 Å². The number of aryl methyl sites for hydroxylation is 2. The van der Waals surface area contributed by atoms with Crippen molar-refractivity contribution < 1.29 is 17.8 Å². The van der Waals surface area contributed by atoms with Crippen molar-refractivity contribution >= 4 is 21.8 Å². The lowest BCUT2D eigenvalue weighted by Gasteiger charge is -2.12. The molecule has 0 radical (unpaired) electrons. The van der Waals surface area contributed by atoms with Gasteiger partial charge >= 0.3 is 0 Å². The van der Waals surface area contributed by atoms with Crippen molar-refractivity contribution in [3.8, 4) is 11.5 Å². The molecule has 25 heavy (non-hydrogen) atoms. The lowest BCUT2D eigenvalue weighted by molar-refractivity contribution is 0.407. The highest BCUT2D eigenvalue weighted by Crippen LogP contribution is 2.27. The summed E-state index contributed by atoms with van der Waals surface area (Å²) in [6.07, 6.45) is 1.65. The maximum atomic E-state index is 13.1. The van der Waals surface area contributed by atoms with Gasteiger partial charge in [0.2, 0.25) is 0 Å². The lowest BCUT2D eigenvalue weighted by Crippen LogP contribution is -2.07. The van der Waals surface area contributed by atoms with Crippen LogP contribution in [-0.2, 0) is 23.5 Å². The molecule has 6 nitrogen and oxygen atoms in total. The van der Waals surface area contributed by atoms with E-state index in [0.29, 0.717) is 28.2 Å². The van der Waals surface area contributed by atoms with E-state index in [-0.39, 0.29) is 10.9 Å². The van der Waals surface area contributed by atoms with Crippen LogP contribution < -0.4 is 9.47 Å². The van der Waals surface area contributed by atoms with Gasteiger partial charge in [-0.2, -0.15) is 0 Å². The molecule has 0 saturated heterocycles. The number of hydrogen-bond acceptors (Lipinski definition) is 5. The minimum Gasteiger partial charge on any atom is -0.497 e.